The minimum Gasteiger partial charge on any atom is -0.312 e. The van der Waals surface area contributed by atoms with Crippen LogP contribution >= 0.6 is 0 Å². The number of nitrogens with zero attached hydrogens (tertiary/aromatic N) is 1. The summed E-state index contributed by atoms with van der Waals surface area (Å²) in [5, 5.41) is 3.81. The molecule has 2 heteroatoms. The summed E-state index contributed by atoms with van der Waals surface area (Å²) in [6.07, 6.45) is 9.80. The molecule has 0 radical (unpaired) electrons. The first kappa shape index (κ1) is 14.3. The highest BCUT2D eigenvalue weighted by molar-refractivity contribution is 4.90. The van der Waals surface area contributed by atoms with Crippen LogP contribution in [0.25, 0.3) is 0 Å². The van der Waals surface area contributed by atoms with Crippen LogP contribution in [0.4, 0.5) is 0 Å². The molecule has 4 atom stereocenters. The zero-order chi connectivity index (χ0) is 13.0. The molecular weight excluding hydrogens is 220 g/mol. The molecule has 0 aliphatic heterocycles. The average Bonchev–Trinajstić information content (AvgIpc) is 3.08. The predicted octanol–water partition coefficient (Wildman–Crippen LogP) is 3.28. The lowest BCUT2D eigenvalue weighted by Gasteiger charge is -2.34. The van der Waals surface area contributed by atoms with E-state index in [-0.39, 0.29) is 0 Å². The van der Waals surface area contributed by atoms with Gasteiger partial charge in [-0.2, -0.15) is 0 Å². The van der Waals surface area contributed by atoms with Crippen molar-refractivity contribution in [2.75, 3.05) is 20.1 Å². The Kier molecular flexibility index (Phi) is 5.50. The van der Waals surface area contributed by atoms with Crippen LogP contribution in [0.15, 0.2) is 0 Å². The molecule has 106 valence electrons. The number of hydrogen-bond acceptors (Lipinski definition) is 2. The van der Waals surface area contributed by atoms with Gasteiger partial charge in [0.05, 0.1) is 0 Å². The van der Waals surface area contributed by atoms with Crippen LogP contribution in [0.1, 0.15) is 58.8 Å². The summed E-state index contributed by atoms with van der Waals surface area (Å²) in [6, 6.07) is 1.53. The van der Waals surface area contributed by atoms with Crippen molar-refractivity contribution in [2.24, 2.45) is 11.8 Å². The third-order valence-electron chi connectivity index (χ3n) is 5.00. The van der Waals surface area contributed by atoms with Crippen molar-refractivity contribution in [3.63, 3.8) is 0 Å². The molecule has 0 aromatic heterocycles. The fourth-order valence-corrected chi connectivity index (χ4v) is 3.54. The summed E-state index contributed by atoms with van der Waals surface area (Å²) in [7, 11) is 2.36. The molecule has 0 saturated heterocycles. The lowest BCUT2D eigenvalue weighted by atomic mass is 10.0. The van der Waals surface area contributed by atoms with E-state index in [0.29, 0.717) is 0 Å². The first-order valence-electron chi connectivity index (χ1n) is 8.16. The third kappa shape index (κ3) is 3.96. The Bertz CT molecular complexity index is 241. The molecule has 2 rings (SSSR count). The predicted molar refractivity (Wildman–Crippen MR) is 78.9 cm³/mol. The van der Waals surface area contributed by atoms with Gasteiger partial charge in [0.1, 0.15) is 0 Å². The molecule has 0 bridgehead atoms. The summed E-state index contributed by atoms with van der Waals surface area (Å²) < 4.78 is 0. The fourth-order valence-electron chi connectivity index (χ4n) is 3.54. The molecule has 2 aliphatic carbocycles. The molecule has 0 heterocycles. The fraction of sp³-hybridized carbons (Fsp3) is 1.00. The van der Waals surface area contributed by atoms with Crippen molar-refractivity contribution in [1.29, 1.82) is 0 Å². The van der Waals surface area contributed by atoms with Crippen LogP contribution in [-0.4, -0.2) is 37.1 Å². The minimum absolute atomic E-state index is 0.742. The maximum absolute atomic E-state index is 3.81. The molecule has 4 unspecified atom stereocenters. The van der Waals surface area contributed by atoms with E-state index in [1.165, 1.54) is 58.0 Å². The van der Waals surface area contributed by atoms with E-state index in [0.717, 1.165) is 23.9 Å². The van der Waals surface area contributed by atoms with E-state index in [4.69, 9.17) is 0 Å². The number of nitrogens with one attached hydrogen (secondary N) is 1. The second-order valence-corrected chi connectivity index (χ2v) is 6.68. The van der Waals surface area contributed by atoms with Crippen molar-refractivity contribution in [1.82, 2.24) is 10.2 Å². The Morgan fingerprint density at radius 1 is 1.17 bits per heavy atom. The molecule has 18 heavy (non-hydrogen) atoms. The SMILES string of the molecule is CCCNC1CCCCCC1N(C)CC1CC1C. The van der Waals surface area contributed by atoms with Crippen molar-refractivity contribution in [3.05, 3.63) is 0 Å². The number of rotatable bonds is 6. The Labute approximate surface area is 114 Å². The molecule has 2 fully saturated rings. The van der Waals surface area contributed by atoms with Gasteiger partial charge >= 0.3 is 0 Å². The third-order valence-corrected chi connectivity index (χ3v) is 5.00. The minimum atomic E-state index is 0.742. The quantitative estimate of drug-likeness (QED) is 0.730. The van der Waals surface area contributed by atoms with Crippen molar-refractivity contribution in [2.45, 2.75) is 70.9 Å². The van der Waals surface area contributed by atoms with Crippen LogP contribution in [0.2, 0.25) is 0 Å². The zero-order valence-electron chi connectivity index (χ0n) is 12.6. The Hall–Kier alpha value is -0.0800. The standard InChI is InChI=1S/C16H32N2/c1-4-10-17-15-8-6-5-7-9-16(15)18(3)12-14-11-13(14)2/h13-17H,4-12H2,1-3H3. The summed E-state index contributed by atoms with van der Waals surface area (Å²) >= 11 is 0. The highest BCUT2D eigenvalue weighted by atomic mass is 15.2. The summed E-state index contributed by atoms with van der Waals surface area (Å²) in [4.78, 5) is 2.67. The van der Waals surface area contributed by atoms with Gasteiger partial charge in [0.2, 0.25) is 0 Å². The van der Waals surface area contributed by atoms with Crippen LogP contribution in [-0.2, 0) is 0 Å². The zero-order valence-corrected chi connectivity index (χ0v) is 12.6. The van der Waals surface area contributed by atoms with E-state index in [9.17, 15) is 0 Å². The summed E-state index contributed by atoms with van der Waals surface area (Å²) in [5.74, 6) is 1.98. The first-order chi connectivity index (χ1) is 8.72. The van der Waals surface area contributed by atoms with E-state index >= 15 is 0 Å². The average molecular weight is 252 g/mol. The molecule has 1 N–H and O–H groups in total. The summed E-state index contributed by atoms with van der Waals surface area (Å²) in [6.45, 7) is 7.19. The lowest BCUT2D eigenvalue weighted by Crippen LogP contribution is -2.49. The van der Waals surface area contributed by atoms with Crippen LogP contribution in [0, 0.1) is 11.8 Å². The Morgan fingerprint density at radius 2 is 1.89 bits per heavy atom. The van der Waals surface area contributed by atoms with Gasteiger partial charge in [0.15, 0.2) is 0 Å². The van der Waals surface area contributed by atoms with E-state index in [1.54, 1.807) is 0 Å². The second-order valence-electron chi connectivity index (χ2n) is 6.68. The topological polar surface area (TPSA) is 15.3 Å². The van der Waals surface area contributed by atoms with Crippen molar-refractivity contribution in [3.8, 4) is 0 Å². The summed E-state index contributed by atoms with van der Waals surface area (Å²) in [5.41, 5.74) is 0. The Balaban J connectivity index is 1.86. The maximum Gasteiger partial charge on any atom is 0.0246 e. The van der Waals surface area contributed by atoms with Gasteiger partial charge in [-0.15, -0.1) is 0 Å². The van der Waals surface area contributed by atoms with Crippen LogP contribution in [0.3, 0.4) is 0 Å². The number of hydrogen-bond donors (Lipinski definition) is 1. The van der Waals surface area contributed by atoms with Gasteiger partial charge in [0.25, 0.3) is 0 Å². The van der Waals surface area contributed by atoms with Gasteiger partial charge < -0.3 is 10.2 Å². The largest absolute Gasteiger partial charge is 0.312 e. The highest BCUT2D eigenvalue weighted by Gasteiger charge is 2.36. The monoisotopic (exact) mass is 252 g/mol. The Morgan fingerprint density at radius 3 is 2.56 bits per heavy atom. The van der Waals surface area contributed by atoms with E-state index in [1.807, 2.05) is 0 Å². The molecule has 2 aliphatic rings. The van der Waals surface area contributed by atoms with Crippen LogP contribution in [0.5, 0.6) is 0 Å². The molecule has 0 aromatic carbocycles. The van der Waals surface area contributed by atoms with Crippen molar-refractivity contribution < 1.29 is 0 Å². The molecule has 0 aromatic rings. The molecule has 0 amide bonds. The lowest BCUT2D eigenvalue weighted by molar-refractivity contribution is 0.173. The van der Waals surface area contributed by atoms with Gasteiger partial charge in [-0.3, -0.25) is 0 Å². The molecular formula is C16H32N2. The highest BCUT2D eigenvalue weighted by Crippen LogP contribution is 2.38. The van der Waals surface area contributed by atoms with Gasteiger partial charge in [-0.05, 0) is 51.1 Å². The smallest absolute Gasteiger partial charge is 0.0246 e. The van der Waals surface area contributed by atoms with Gasteiger partial charge in [-0.25, -0.2) is 0 Å². The first-order valence-corrected chi connectivity index (χ1v) is 8.16. The molecule has 2 saturated carbocycles. The van der Waals surface area contributed by atoms with E-state index in [2.05, 4.69) is 31.1 Å². The molecule has 0 spiro atoms. The second kappa shape index (κ2) is 6.91. The van der Waals surface area contributed by atoms with Crippen molar-refractivity contribution >= 4 is 0 Å². The van der Waals surface area contributed by atoms with E-state index < -0.39 is 0 Å². The number of likely N-dealkylation sites (N-methyl/N-ethyl adjacent to an activating group) is 1. The van der Waals surface area contributed by atoms with Crippen LogP contribution < -0.4 is 5.32 Å². The van der Waals surface area contributed by atoms with Gasteiger partial charge in [-0.1, -0.05) is 33.1 Å². The molecule has 2 nitrogen and oxygen atoms in total. The normalized spacial score (nSPS) is 36.7. The van der Waals surface area contributed by atoms with Gasteiger partial charge in [0, 0.05) is 18.6 Å². The maximum atomic E-state index is 3.81.